The molecule has 0 bridgehead atoms. The molecule has 0 atom stereocenters. The van der Waals surface area contributed by atoms with Gasteiger partial charge in [0.15, 0.2) is 0 Å². The van der Waals surface area contributed by atoms with Gasteiger partial charge in [-0.1, -0.05) is 6.92 Å². The van der Waals surface area contributed by atoms with Gasteiger partial charge in [0.25, 0.3) is 0 Å². The zero-order valence-electron chi connectivity index (χ0n) is 8.66. The van der Waals surface area contributed by atoms with Crippen molar-refractivity contribution in [3.63, 3.8) is 0 Å². The van der Waals surface area contributed by atoms with E-state index in [-0.39, 0.29) is 5.41 Å². The van der Waals surface area contributed by atoms with Crippen molar-refractivity contribution in [3.05, 3.63) is 0 Å². The standard InChI is InChI=1S/C9H15ClN2.O2S/c1-8-2-4-9(6-11,5-3-8)7-12-10;1-3-2/h8,12H,2-5,7H2,1H3;. The Bertz CT molecular complexity index is 253. The average Bonchev–Trinajstić information content (AvgIpc) is 2.23. The molecule has 1 saturated carbocycles. The zero-order chi connectivity index (χ0) is 11.7. The lowest BCUT2D eigenvalue weighted by Gasteiger charge is -2.32. The van der Waals surface area contributed by atoms with Crippen LogP contribution in [-0.2, 0) is 11.6 Å². The quantitative estimate of drug-likeness (QED) is 0.759. The molecule has 0 saturated heterocycles. The summed E-state index contributed by atoms with van der Waals surface area (Å²) in [5, 5.41) is 9.01. The molecular weight excluding hydrogens is 236 g/mol. The minimum atomic E-state index is -0.750. The van der Waals surface area contributed by atoms with Crippen molar-refractivity contribution in [2.24, 2.45) is 11.3 Å². The minimum Gasteiger partial charge on any atom is -0.232 e. The topological polar surface area (TPSA) is 70.0 Å². The third kappa shape index (κ3) is 5.26. The van der Waals surface area contributed by atoms with Crippen molar-refractivity contribution < 1.29 is 8.42 Å². The van der Waals surface area contributed by atoms with Crippen LogP contribution in [0.2, 0.25) is 0 Å². The molecule has 0 aliphatic heterocycles. The van der Waals surface area contributed by atoms with Crippen LogP contribution in [0.3, 0.4) is 0 Å². The van der Waals surface area contributed by atoms with Gasteiger partial charge in [0, 0.05) is 6.54 Å². The summed E-state index contributed by atoms with van der Waals surface area (Å²) in [6.07, 6.45) is 4.30. The Balaban J connectivity index is 0.000000583. The van der Waals surface area contributed by atoms with E-state index in [1.165, 1.54) is 0 Å². The summed E-state index contributed by atoms with van der Waals surface area (Å²) < 4.78 is 16.6. The van der Waals surface area contributed by atoms with Crippen LogP contribution in [-0.4, -0.2) is 15.0 Å². The number of hydrogen-bond donors (Lipinski definition) is 1. The van der Waals surface area contributed by atoms with Gasteiger partial charge in [-0.3, -0.25) is 0 Å². The van der Waals surface area contributed by atoms with Crippen molar-refractivity contribution >= 4 is 23.3 Å². The summed E-state index contributed by atoms with van der Waals surface area (Å²) in [6.45, 7) is 2.87. The van der Waals surface area contributed by atoms with Gasteiger partial charge in [-0.15, -0.1) is 0 Å². The fraction of sp³-hybridized carbons (Fsp3) is 0.889. The largest absolute Gasteiger partial charge is 0.335 e. The first-order chi connectivity index (χ1) is 7.14. The predicted molar refractivity (Wildman–Crippen MR) is 58.5 cm³/mol. The van der Waals surface area contributed by atoms with E-state index in [1.807, 2.05) is 0 Å². The molecule has 0 amide bonds. The molecule has 0 aromatic carbocycles. The van der Waals surface area contributed by atoms with E-state index in [0.717, 1.165) is 31.6 Å². The van der Waals surface area contributed by atoms with Crippen molar-refractivity contribution in [2.45, 2.75) is 32.6 Å². The molecule has 1 aliphatic carbocycles. The van der Waals surface area contributed by atoms with E-state index >= 15 is 0 Å². The van der Waals surface area contributed by atoms with Crippen LogP contribution in [0.15, 0.2) is 0 Å². The second-order valence-corrected chi connectivity index (χ2v) is 4.36. The van der Waals surface area contributed by atoms with Crippen LogP contribution in [0.1, 0.15) is 32.6 Å². The maximum Gasteiger partial charge on any atom is 0.335 e. The molecule has 0 aromatic heterocycles. The van der Waals surface area contributed by atoms with E-state index in [4.69, 9.17) is 25.5 Å². The molecule has 0 unspecified atom stereocenters. The highest BCUT2D eigenvalue weighted by atomic mass is 35.5. The SMILES string of the molecule is CC1CCC(C#N)(CNCl)CC1.O=S=O. The third-order valence-corrected chi connectivity index (χ3v) is 3.01. The van der Waals surface area contributed by atoms with Gasteiger partial charge in [0.05, 0.1) is 11.5 Å². The molecule has 1 N–H and O–H groups in total. The summed E-state index contributed by atoms with van der Waals surface area (Å²) in [5.41, 5.74) is -0.186. The summed E-state index contributed by atoms with van der Waals surface area (Å²) in [6, 6.07) is 2.39. The van der Waals surface area contributed by atoms with Gasteiger partial charge in [-0.05, 0) is 43.4 Å². The van der Waals surface area contributed by atoms with Gasteiger partial charge in [0.2, 0.25) is 0 Å². The number of nitrogens with one attached hydrogen (secondary N) is 1. The summed E-state index contributed by atoms with van der Waals surface area (Å²) >= 11 is 4.69. The van der Waals surface area contributed by atoms with Crippen LogP contribution in [0, 0.1) is 22.7 Å². The summed E-state index contributed by atoms with van der Waals surface area (Å²) in [7, 11) is 0. The second-order valence-electron chi connectivity index (χ2n) is 3.95. The van der Waals surface area contributed by atoms with Gasteiger partial charge >= 0.3 is 11.6 Å². The second kappa shape index (κ2) is 7.80. The highest BCUT2D eigenvalue weighted by Gasteiger charge is 2.33. The Hall–Kier alpha value is -0.440. The third-order valence-electron chi connectivity index (χ3n) is 2.87. The first-order valence-electron chi connectivity index (χ1n) is 4.80. The fourth-order valence-electron chi connectivity index (χ4n) is 1.77. The lowest BCUT2D eigenvalue weighted by atomic mass is 9.72. The fourth-order valence-corrected chi connectivity index (χ4v) is 2.03. The van der Waals surface area contributed by atoms with Crippen molar-refractivity contribution in [1.82, 2.24) is 4.84 Å². The first-order valence-corrected chi connectivity index (χ1v) is 5.85. The normalized spacial score (nSPS) is 29.5. The molecule has 0 spiro atoms. The highest BCUT2D eigenvalue weighted by Crippen LogP contribution is 2.37. The molecule has 1 fully saturated rings. The number of nitriles is 1. The van der Waals surface area contributed by atoms with E-state index in [0.29, 0.717) is 6.54 Å². The maximum absolute atomic E-state index is 9.01. The summed E-state index contributed by atoms with van der Waals surface area (Å²) in [5.74, 6) is 0.779. The lowest BCUT2D eigenvalue weighted by molar-refractivity contribution is 0.223. The van der Waals surface area contributed by atoms with E-state index in [9.17, 15) is 0 Å². The van der Waals surface area contributed by atoms with Gasteiger partial charge in [-0.25, -0.2) is 4.84 Å². The number of nitrogens with zero attached hydrogens (tertiary/aromatic N) is 1. The van der Waals surface area contributed by atoms with Crippen molar-refractivity contribution in [3.8, 4) is 6.07 Å². The number of rotatable bonds is 2. The van der Waals surface area contributed by atoms with Crippen molar-refractivity contribution in [2.75, 3.05) is 6.54 Å². The molecule has 1 aliphatic rings. The molecular formula is C9H15ClN2O2S. The smallest absolute Gasteiger partial charge is 0.232 e. The molecule has 86 valence electrons. The number of hydrogen-bond acceptors (Lipinski definition) is 4. The lowest BCUT2D eigenvalue weighted by Crippen LogP contribution is -2.33. The predicted octanol–water partition coefficient (Wildman–Crippen LogP) is 1.78. The van der Waals surface area contributed by atoms with Crippen molar-refractivity contribution in [1.29, 1.82) is 5.26 Å². The Morgan fingerprint density at radius 2 is 2.00 bits per heavy atom. The Kier molecular flexibility index (Phi) is 7.57. The maximum atomic E-state index is 9.01. The zero-order valence-corrected chi connectivity index (χ0v) is 10.2. The summed E-state index contributed by atoms with van der Waals surface area (Å²) in [4.78, 5) is 2.59. The van der Waals surface area contributed by atoms with Gasteiger partial charge in [0.1, 0.15) is 0 Å². The molecule has 1 rings (SSSR count). The van der Waals surface area contributed by atoms with E-state index in [1.54, 1.807) is 0 Å². The molecule has 4 nitrogen and oxygen atoms in total. The molecule has 0 heterocycles. The van der Waals surface area contributed by atoms with Crippen LogP contribution >= 0.6 is 11.8 Å². The highest BCUT2D eigenvalue weighted by molar-refractivity contribution is 7.51. The van der Waals surface area contributed by atoms with E-state index in [2.05, 4.69) is 17.8 Å². The van der Waals surface area contributed by atoms with Crippen LogP contribution in [0.5, 0.6) is 0 Å². The Morgan fingerprint density at radius 1 is 1.53 bits per heavy atom. The first kappa shape index (κ1) is 14.6. The monoisotopic (exact) mass is 250 g/mol. The molecule has 0 aromatic rings. The molecule has 0 radical (unpaired) electrons. The van der Waals surface area contributed by atoms with Crippen LogP contribution < -0.4 is 4.84 Å². The minimum absolute atomic E-state index is 0.186. The van der Waals surface area contributed by atoms with E-state index < -0.39 is 11.6 Å². The van der Waals surface area contributed by atoms with Gasteiger partial charge < -0.3 is 0 Å². The Labute approximate surface area is 98.7 Å². The molecule has 15 heavy (non-hydrogen) atoms. The van der Waals surface area contributed by atoms with Crippen LogP contribution in [0.25, 0.3) is 0 Å². The Morgan fingerprint density at radius 3 is 2.33 bits per heavy atom. The number of halogens is 1. The molecule has 6 heteroatoms. The van der Waals surface area contributed by atoms with Gasteiger partial charge in [-0.2, -0.15) is 13.7 Å². The van der Waals surface area contributed by atoms with Crippen LogP contribution in [0.4, 0.5) is 0 Å². The average molecular weight is 251 g/mol.